The van der Waals surface area contributed by atoms with Gasteiger partial charge >= 0.3 is 0 Å². The molecule has 2 saturated heterocycles. The molecule has 8 heteroatoms. The van der Waals surface area contributed by atoms with Crippen molar-refractivity contribution in [2.75, 3.05) is 56.8 Å². The van der Waals surface area contributed by atoms with E-state index in [0.717, 1.165) is 37.6 Å². The molecule has 1 aromatic heterocycles. The smallest absolute Gasteiger partial charge is 0.231 e. The van der Waals surface area contributed by atoms with Crippen LogP contribution < -0.4 is 14.4 Å². The van der Waals surface area contributed by atoms with Gasteiger partial charge in [-0.3, -0.25) is 4.79 Å². The third-order valence-electron chi connectivity index (χ3n) is 4.23. The molecule has 7 nitrogen and oxygen atoms in total. The van der Waals surface area contributed by atoms with Crippen LogP contribution in [-0.2, 0) is 4.79 Å². The Balaban J connectivity index is 1.68. The zero-order valence-corrected chi connectivity index (χ0v) is 14.3. The number of hydrogen-bond donors (Lipinski definition) is 0. The number of nitrogens with zero attached hydrogens (tertiary/aromatic N) is 4. The number of amides is 1. The molecular weight excluding hydrogens is 316 g/mol. The van der Waals surface area contributed by atoms with Gasteiger partial charge < -0.3 is 19.3 Å². The Bertz CT molecular complexity index is 543. The van der Waals surface area contributed by atoms with E-state index in [4.69, 9.17) is 9.47 Å². The van der Waals surface area contributed by atoms with Crippen molar-refractivity contribution in [1.29, 1.82) is 0 Å². The van der Waals surface area contributed by atoms with E-state index in [2.05, 4.69) is 9.97 Å². The van der Waals surface area contributed by atoms with E-state index in [0.29, 0.717) is 24.3 Å². The first kappa shape index (κ1) is 16.2. The first-order valence-electron chi connectivity index (χ1n) is 7.80. The van der Waals surface area contributed by atoms with Gasteiger partial charge in [0.1, 0.15) is 0 Å². The Morgan fingerprint density at radius 2 is 1.83 bits per heavy atom. The van der Waals surface area contributed by atoms with Crippen LogP contribution in [0.3, 0.4) is 0 Å². The van der Waals surface area contributed by atoms with Crippen LogP contribution in [0.2, 0.25) is 0 Å². The molecule has 3 rings (SSSR count). The Kier molecular flexibility index (Phi) is 5.09. The zero-order valence-electron chi connectivity index (χ0n) is 13.5. The van der Waals surface area contributed by atoms with Gasteiger partial charge in [0.05, 0.1) is 26.2 Å². The molecule has 0 saturated carbocycles. The highest BCUT2D eigenvalue weighted by atomic mass is 32.2. The summed E-state index contributed by atoms with van der Waals surface area (Å²) in [6.45, 7) is 3.15. The van der Waals surface area contributed by atoms with Gasteiger partial charge in [-0.15, -0.1) is 0 Å². The van der Waals surface area contributed by atoms with Crippen molar-refractivity contribution in [1.82, 2.24) is 14.9 Å². The third-order valence-corrected chi connectivity index (χ3v) is 5.17. The van der Waals surface area contributed by atoms with E-state index in [9.17, 15) is 4.79 Å². The Labute approximate surface area is 140 Å². The summed E-state index contributed by atoms with van der Waals surface area (Å²) >= 11 is 1.91. The fraction of sp³-hybridized carbons (Fsp3) is 0.667. The molecule has 0 spiro atoms. The van der Waals surface area contributed by atoms with Gasteiger partial charge in [-0.25, -0.2) is 0 Å². The fourth-order valence-corrected chi connectivity index (χ4v) is 3.83. The van der Waals surface area contributed by atoms with Crippen LogP contribution >= 0.6 is 11.8 Å². The Hall–Kier alpha value is -1.70. The zero-order chi connectivity index (χ0) is 16.2. The lowest BCUT2D eigenvalue weighted by molar-refractivity contribution is -0.134. The summed E-state index contributed by atoms with van der Waals surface area (Å²) in [5.41, 5.74) is 0. The molecule has 0 aliphatic carbocycles. The quantitative estimate of drug-likeness (QED) is 0.808. The van der Waals surface area contributed by atoms with Crippen LogP contribution in [0, 0.1) is 5.92 Å². The number of rotatable bonds is 4. The molecule has 0 N–H and O–H groups in total. The molecular formula is C15H22N4O3S. The normalized spacial score (nSPS) is 21.4. The summed E-state index contributed by atoms with van der Waals surface area (Å²) in [7, 11) is 3.13. The molecule has 1 aromatic rings. The highest BCUT2D eigenvalue weighted by Crippen LogP contribution is 2.26. The van der Waals surface area contributed by atoms with E-state index in [1.807, 2.05) is 21.6 Å². The molecule has 1 unspecified atom stereocenters. The molecule has 0 radical (unpaired) electrons. The minimum Gasteiger partial charge on any atom is -0.481 e. The summed E-state index contributed by atoms with van der Waals surface area (Å²) < 4.78 is 10.4. The number of carbonyl (C=O) groups is 1. The number of thioether (sulfide) groups is 1. The van der Waals surface area contributed by atoms with Crippen molar-refractivity contribution < 1.29 is 14.3 Å². The van der Waals surface area contributed by atoms with E-state index in [-0.39, 0.29) is 11.8 Å². The van der Waals surface area contributed by atoms with E-state index < -0.39 is 0 Å². The number of aromatic nitrogens is 2. The van der Waals surface area contributed by atoms with E-state index in [1.165, 1.54) is 0 Å². The van der Waals surface area contributed by atoms with Gasteiger partial charge in [0.25, 0.3) is 0 Å². The molecule has 0 bridgehead atoms. The summed E-state index contributed by atoms with van der Waals surface area (Å²) in [4.78, 5) is 25.4. The van der Waals surface area contributed by atoms with Crippen LogP contribution in [0.1, 0.15) is 6.42 Å². The fourth-order valence-electron chi connectivity index (χ4n) is 2.93. The van der Waals surface area contributed by atoms with Crippen molar-refractivity contribution >= 4 is 23.6 Å². The van der Waals surface area contributed by atoms with Gasteiger partial charge in [-0.1, -0.05) is 0 Å². The second-order valence-corrected chi connectivity index (χ2v) is 6.85. The number of carbonyl (C=O) groups excluding carboxylic acids is 1. The molecule has 0 aromatic carbocycles. The first-order chi connectivity index (χ1) is 11.2. The Morgan fingerprint density at radius 3 is 2.43 bits per heavy atom. The van der Waals surface area contributed by atoms with Gasteiger partial charge in [0.15, 0.2) is 0 Å². The number of methoxy groups -OCH3 is 2. The van der Waals surface area contributed by atoms with E-state index in [1.54, 1.807) is 20.3 Å². The number of anilines is 1. The second kappa shape index (κ2) is 7.25. The molecule has 2 aliphatic rings. The topological polar surface area (TPSA) is 67.8 Å². The maximum atomic E-state index is 12.6. The SMILES string of the molecule is COc1cc(OC)nc(N2CCC(C(=O)N3CCSCC3)C2)n1. The van der Waals surface area contributed by atoms with Crippen LogP contribution in [0.15, 0.2) is 6.07 Å². The van der Waals surface area contributed by atoms with Gasteiger partial charge in [0, 0.05) is 37.7 Å². The van der Waals surface area contributed by atoms with Crippen LogP contribution in [-0.4, -0.2) is 72.7 Å². The number of hydrogen-bond acceptors (Lipinski definition) is 7. The molecule has 126 valence electrons. The molecule has 1 amide bonds. The summed E-state index contributed by atoms with van der Waals surface area (Å²) in [6, 6.07) is 1.65. The first-order valence-corrected chi connectivity index (χ1v) is 8.95. The third kappa shape index (κ3) is 3.63. The van der Waals surface area contributed by atoms with E-state index >= 15 is 0 Å². The minimum absolute atomic E-state index is 0.0268. The predicted octanol–water partition coefficient (Wildman–Crippen LogP) is 0.895. The second-order valence-electron chi connectivity index (χ2n) is 5.62. The van der Waals surface area contributed by atoms with Crippen LogP contribution in [0.25, 0.3) is 0 Å². The van der Waals surface area contributed by atoms with Crippen molar-refractivity contribution in [3.63, 3.8) is 0 Å². The predicted molar refractivity (Wildman–Crippen MR) is 89.4 cm³/mol. The highest BCUT2D eigenvalue weighted by molar-refractivity contribution is 7.99. The Morgan fingerprint density at radius 1 is 1.17 bits per heavy atom. The molecule has 2 aliphatic heterocycles. The summed E-state index contributed by atoms with van der Waals surface area (Å²) in [6.07, 6.45) is 0.839. The summed E-state index contributed by atoms with van der Waals surface area (Å²) in [5.74, 6) is 3.87. The van der Waals surface area contributed by atoms with Gasteiger partial charge in [0.2, 0.25) is 23.6 Å². The average molecular weight is 338 g/mol. The summed E-state index contributed by atoms with van der Waals surface area (Å²) in [5, 5.41) is 0. The lowest BCUT2D eigenvalue weighted by atomic mass is 10.1. The lowest BCUT2D eigenvalue weighted by Crippen LogP contribution is -2.42. The highest BCUT2D eigenvalue weighted by Gasteiger charge is 2.33. The monoisotopic (exact) mass is 338 g/mol. The van der Waals surface area contributed by atoms with Gasteiger partial charge in [-0.05, 0) is 6.42 Å². The van der Waals surface area contributed by atoms with Crippen molar-refractivity contribution in [3.05, 3.63) is 6.07 Å². The van der Waals surface area contributed by atoms with Crippen molar-refractivity contribution in [2.45, 2.75) is 6.42 Å². The van der Waals surface area contributed by atoms with Crippen LogP contribution in [0.4, 0.5) is 5.95 Å². The largest absolute Gasteiger partial charge is 0.481 e. The van der Waals surface area contributed by atoms with Crippen molar-refractivity contribution in [2.24, 2.45) is 5.92 Å². The maximum absolute atomic E-state index is 12.6. The van der Waals surface area contributed by atoms with Gasteiger partial charge in [-0.2, -0.15) is 21.7 Å². The molecule has 3 heterocycles. The average Bonchev–Trinajstić information content (AvgIpc) is 3.11. The number of ether oxygens (including phenoxy) is 2. The minimum atomic E-state index is 0.0268. The molecule has 2 fully saturated rings. The molecule has 1 atom stereocenters. The standard InChI is InChI=1S/C15H22N4O3S/c1-21-12-9-13(22-2)17-15(16-12)19-4-3-11(10-19)14(20)18-5-7-23-8-6-18/h9,11H,3-8,10H2,1-2H3. The maximum Gasteiger partial charge on any atom is 0.231 e. The lowest BCUT2D eigenvalue weighted by Gasteiger charge is -2.28. The molecule has 23 heavy (non-hydrogen) atoms. The van der Waals surface area contributed by atoms with Crippen LogP contribution in [0.5, 0.6) is 11.8 Å². The van der Waals surface area contributed by atoms with Crippen molar-refractivity contribution in [3.8, 4) is 11.8 Å².